The molecule has 6 aliphatic carbocycles. The predicted octanol–water partition coefficient (Wildman–Crippen LogP) is 12.6. The number of anilines is 3. The topological polar surface area (TPSA) is 3.24 Å². The van der Waals surface area contributed by atoms with Gasteiger partial charge >= 0.3 is 0 Å². The molecule has 11 rings (SSSR count). The Hall–Kier alpha value is -4.10. The van der Waals surface area contributed by atoms with Crippen LogP contribution in [0.4, 0.5) is 17.1 Å². The lowest BCUT2D eigenvalue weighted by atomic mass is 9.49. The van der Waals surface area contributed by atoms with Crippen LogP contribution in [-0.2, 0) is 10.8 Å². The minimum Gasteiger partial charge on any atom is -0.310 e. The van der Waals surface area contributed by atoms with Crippen molar-refractivity contribution < 1.29 is 0 Å². The van der Waals surface area contributed by atoms with Crippen LogP contribution in [0.15, 0.2) is 115 Å². The van der Waals surface area contributed by atoms with Crippen LogP contribution in [0, 0.1) is 35.5 Å². The fourth-order valence-electron chi connectivity index (χ4n) is 13.5. The first-order chi connectivity index (χ1) is 24.1. The summed E-state index contributed by atoms with van der Waals surface area (Å²) < 4.78 is 0. The number of benzene rings is 5. The van der Waals surface area contributed by atoms with Crippen LogP contribution in [0.5, 0.6) is 0 Å². The molecular formula is C48H47N. The van der Waals surface area contributed by atoms with Gasteiger partial charge < -0.3 is 4.90 Å². The highest BCUT2D eigenvalue weighted by atomic mass is 15.1. The first-order valence-electron chi connectivity index (χ1n) is 19.4. The highest BCUT2D eigenvalue weighted by Gasteiger charge is 2.58. The molecule has 8 atom stereocenters. The Morgan fingerprint density at radius 1 is 0.531 bits per heavy atom. The average molecular weight is 638 g/mol. The molecule has 49 heavy (non-hydrogen) atoms. The molecule has 0 heterocycles. The van der Waals surface area contributed by atoms with E-state index in [9.17, 15) is 0 Å². The van der Waals surface area contributed by atoms with Crippen molar-refractivity contribution in [1.29, 1.82) is 0 Å². The molecule has 2 spiro atoms. The van der Waals surface area contributed by atoms with E-state index in [1.807, 2.05) is 0 Å². The monoisotopic (exact) mass is 637 g/mol. The fourth-order valence-corrected chi connectivity index (χ4v) is 13.5. The lowest BCUT2D eigenvalue weighted by molar-refractivity contribution is 0.0426. The van der Waals surface area contributed by atoms with Gasteiger partial charge in [0.25, 0.3) is 0 Å². The van der Waals surface area contributed by atoms with Gasteiger partial charge in [0.15, 0.2) is 0 Å². The van der Waals surface area contributed by atoms with Crippen molar-refractivity contribution in [2.24, 2.45) is 35.5 Å². The second-order valence-electron chi connectivity index (χ2n) is 17.1. The van der Waals surface area contributed by atoms with Crippen molar-refractivity contribution in [2.75, 3.05) is 4.90 Å². The normalized spacial score (nSPS) is 32.6. The summed E-state index contributed by atoms with van der Waals surface area (Å²) in [5, 5.41) is 0. The lowest BCUT2D eigenvalue weighted by Gasteiger charge is -2.54. The molecule has 5 aromatic rings. The highest BCUT2D eigenvalue weighted by Crippen LogP contribution is 2.68. The van der Waals surface area contributed by atoms with Gasteiger partial charge in [-0.15, -0.1) is 0 Å². The van der Waals surface area contributed by atoms with Crippen LogP contribution < -0.4 is 4.90 Å². The Labute approximate surface area is 292 Å². The van der Waals surface area contributed by atoms with Crippen molar-refractivity contribution in [3.05, 3.63) is 138 Å². The molecule has 0 aromatic heterocycles. The summed E-state index contributed by atoms with van der Waals surface area (Å²) in [6.45, 7) is 5.12. The average Bonchev–Trinajstić information content (AvgIpc) is 3.88. The zero-order chi connectivity index (χ0) is 32.5. The Bertz CT molecular complexity index is 2120. The van der Waals surface area contributed by atoms with E-state index in [2.05, 4.69) is 134 Å². The first-order valence-corrected chi connectivity index (χ1v) is 19.4. The smallest absolute Gasteiger partial charge is 0.0543 e. The van der Waals surface area contributed by atoms with E-state index in [4.69, 9.17) is 0 Å². The summed E-state index contributed by atoms with van der Waals surface area (Å²) in [6.07, 6.45) is 11.0. The van der Waals surface area contributed by atoms with Crippen LogP contribution in [0.25, 0.3) is 22.3 Å². The number of hydrogen-bond acceptors (Lipinski definition) is 1. The van der Waals surface area contributed by atoms with Gasteiger partial charge in [0.1, 0.15) is 0 Å². The molecule has 244 valence electrons. The van der Waals surface area contributed by atoms with E-state index in [0.29, 0.717) is 11.8 Å². The fraction of sp³-hybridized carbons (Fsp3) is 0.375. The van der Waals surface area contributed by atoms with Crippen LogP contribution in [0.2, 0.25) is 0 Å². The maximum absolute atomic E-state index is 2.66. The molecule has 1 unspecified atom stereocenters. The Balaban J connectivity index is 1.15. The van der Waals surface area contributed by atoms with E-state index >= 15 is 0 Å². The zero-order valence-corrected chi connectivity index (χ0v) is 29.0. The van der Waals surface area contributed by atoms with Crippen LogP contribution >= 0.6 is 0 Å². The molecule has 1 nitrogen and oxygen atoms in total. The quantitative estimate of drug-likeness (QED) is 0.190. The van der Waals surface area contributed by atoms with Crippen LogP contribution in [-0.4, -0.2) is 0 Å². The zero-order valence-electron chi connectivity index (χ0n) is 29.0. The van der Waals surface area contributed by atoms with Gasteiger partial charge in [-0.05, 0) is 150 Å². The summed E-state index contributed by atoms with van der Waals surface area (Å²) in [5.41, 5.74) is 16.4. The molecule has 5 aromatic carbocycles. The highest BCUT2D eigenvalue weighted by molar-refractivity contribution is 5.96. The minimum atomic E-state index is 0.0772. The summed E-state index contributed by atoms with van der Waals surface area (Å²) in [6, 6.07) is 45.1. The van der Waals surface area contributed by atoms with E-state index in [-0.39, 0.29) is 10.8 Å². The molecule has 4 bridgehead atoms. The van der Waals surface area contributed by atoms with E-state index in [0.717, 1.165) is 23.7 Å². The van der Waals surface area contributed by atoms with Crippen LogP contribution in [0.1, 0.15) is 87.5 Å². The Kier molecular flexibility index (Phi) is 5.99. The molecule has 4 saturated carbocycles. The molecule has 4 fully saturated rings. The molecular weight excluding hydrogens is 591 g/mol. The van der Waals surface area contributed by atoms with Gasteiger partial charge in [-0.25, -0.2) is 0 Å². The number of para-hydroxylation sites is 1. The third kappa shape index (κ3) is 3.67. The molecule has 6 aliphatic rings. The second-order valence-corrected chi connectivity index (χ2v) is 17.1. The summed E-state index contributed by atoms with van der Waals surface area (Å²) in [5.74, 6) is 4.62. The SMILES string of the molecule is C[C@@H]1CC2C[C@@H](C1)[C@@]1(c3ccccc3-c3ccc(N(c4ccccc4)c4cccc5c4-c4ccccc4[C@@]54C[C@H]5CC[C@@H]4C5)cc31)[C@@H](C)C2. The lowest BCUT2D eigenvalue weighted by Crippen LogP contribution is -2.49. The molecule has 0 radical (unpaired) electrons. The molecule has 1 heteroatoms. The molecule has 0 N–H and O–H groups in total. The van der Waals surface area contributed by atoms with E-state index in [1.165, 1.54) is 90.7 Å². The van der Waals surface area contributed by atoms with Crippen molar-refractivity contribution in [3.8, 4) is 22.3 Å². The largest absolute Gasteiger partial charge is 0.310 e. The van der Waals surface area contributed by atoms with Gasteiger partial charge in [-0.1, -0.05) is 105 Å². The third-order valence-corrected chi connectivity index (χ3v) is 14.8. The van der Waals surface area contributed by atoms with Crippen LogP contribution in [0.3, 0.4) is 0 Å². The number of nitrogens with zero attached hydrogens (tertiary/aromatic N) is 1. The van der Waals surface area contributed by atoms with Crippen molar-refractivity contribution in [3.63, 3.8) is 0 Å². The first kappa shape index (κ1) is 28.7. The predicted molar refractivity (Wildman–Crippen MR) is 203 cm³/mol. The van der Waals surface area contributed by atoms with Gasteiger partial charge in [-0.2, -0.15) is 0 Å². The van der Waals surface area contributed by atoms with Crippen molar-refractivity contribution in [2.45, 2.75) is 76.0 Å². The number of hydrogen-bond donors (Lipinski definition) is 0. The van der Waals surface area contributed by atoms with Gasteiger partial charge in [0.2, 0.25) is 0 Å². The maximum Gasteiger partial charge on any atom is 0.0543 e. The summed E-state index contributed by atoms with van der Waals surface area (Å²) >= 11 is 0. The minimum absolute atomic E-state index is 0.0772. The van der Waals surface area contributed by atoms with Gasteiger partial charge in [0, 0.05) is 27.8 Å². The molecule has 0 aliphatic heterocycles. The Morgan fingerprint density at radius 3 is 2.08 bits per heavy atom. The molecule has 0 amide bonds. The Morgan fingerprint density at radius 2 is 1.27 bits per heavy atom. The van der Waals surface area contributed by atoms with E-state index in [1.54, 1.807) is 22.3 Å². The van der Waals surface area contributed by atoms with Crippen molar-refractivity contribution in [1.82, 2.24) is 0 Å². The summed E-state index contributed by atoms with van der Waals surface area (Å²) in [7, 11) is 0. The van der Waals surface area contributed by atoms with Crippen molar-refractivity contribution >= 4 is 17.1 Å². The van der Waals surface area contributed by atoms with Gasteiger partial charge in [-0.3, -0.25) is 0 Å². The summed E-state index contributed by atoms with van der Waals surface area (Å²) in [4.78, 5) is 2.62. The maximum atomic E-state index is 2.66. The standard InChI is InChI=1S/C48H47N/c1-30-23-33-25-31(2)48(35(24-30)27-33)42-16-9-6-13-38(42)39-22-21-37(28-44(39)48)49(36-11-4-3-5-12-36)45-18-10-17-43-46(45)40-14-7-8-15-41(40)47(43)29-32-19-20-34(47)26-32/h3-18,21-22,28,30-35H,19-20,23-27,29H2,1-2H3/t30-,31+,32+,33?,34-,35-,47+,48-/m1/s1. The number of rotatable bonds is 3. The molecule has 0 saturated heterocycles. The number of fused-ring (bicyclic) bond motifs is 16. The third-order valence-electron chi connectivity index (χ3n) is 14.8. The van der Waals surface area contributed by atoms with Gasteiger partial charge in [0.05, 0.1) is 5.69 Å². The van der Waals surface area contributed by atoms with E-state index < -0.39 is 0 Å². The second kappa shape index (κ2) is 10.2.